The summed E-state index contributed by atoms with van der Waals surface area (Å²) in [5.74, 6) is 1.30. The second-order valence-electron chi connectivity index (χ2n) is 3.68. The second-order valence-corrected chi connectivity index (χ2v) is 4.43. The van der Waals surface area contributed by atoms with Crippen molar-refractivity contribution in [2.24, 2.45) is 5.92 Å². The quantitative estimate of drug-likeness (QED) is 0.773. The van der Waals surface area contributed by atoms with Crippen molar-refractivity contribution in [3.63, 3.8) is 0 Å². The zero-order valence-corrected chi connectivity index (χ0v) is 8.47. The van der Waals surface area contributed by atoms with Crippen LogP contribution >= 0.6 is 11.5 Å². The maximum absolute atomic E-state index is 5.42. The van der Waals surface area contributed by atoms with Crippen molar-refractivity contribution < 1.29 is 0 Å². The highest BCUT2D eigenvalue weighted by molar-refractivity contribution is 7.09. The predicted octanol–water partition coefficient (Wildman–Crippen LogP) is 1.72. The smallest absolute Gasteiger partial charge is 0.233 e. The fourth-order valence-electron chi connectivity index (χ4n) is 1.42. The lowest BCUT2D eigenvalue weighted by Crippen LogP contribution is -2.15. The molecule has 2 rings (SSSR count). The van der Waals surface area contributed by atoms with Gasteiger partial charge in [-0.2, -0.15) is 9.36 Å². The summed E-state index contributed by atoms with van der Waals surface area (Å²) in [6.45, 7) is 2.18. The van der Waals surface area contributed by atoms with Crippen molar-refractivity contribution in [3.05, 3.63) is 0 Å². The van der Waals surface area contributed by atoms with Gasteiger partial charge in [0.2, 0.25) is 11.1 Å². The fourth-order valence-corrected chi connectivity index (χ4v) is 2.03. The van der Waals surface area contributed by atoms with Crippen LogP contribution in [-0.4, -0.2) is 15.4 Å². The Morgan fingerprint density at radius 3 is 3.00 bits per heavy atom. The molecule has 1 aromatic heterocycles. The topological polar surface area (TPSA) is 63.8 Å². The average molecular weight is 198 g/mol. The van der Waals surface area contributed by atoms with Gasteiger partial charge in [0.1, 0.15) is 0 Å². The molecule has 1 fully saturated rings. The van der Waals surface area contributed by atoms with Gasteiger partial charge in [-0.1, -0.05) is 12.8 Å². The molecular formula is C8H14N4S. The van der Waals surface area contributed by atoms with Crippen LogP contribution in [0.1, 0.15) is 26.2 Å². The molecule has 0 amide bonds. The molecule has 0 aliphatic heterocycles. The second kappa shape index (κ2) is 3.49. The molecule has 0 aromatic carbocycles. The number of nitrogens with one attached hydrogen (secondary N) is 1. The standard InChI is InChI=1S/C8H14N4S/c1-5(4-6-2-3-6)10-8-11-7(9)12-13-8/h5-6H,2-4H2,1H3,(H3,9,10,11,12). The number of aromatic nitrogens is 2. The van der Waals surface area contributed by atoms with E-state index < -0.39 is 0 Å². The van der Waals surface area contributed by atoms with Crippen molar-refractivity contribution in [1.82, 2.24) is 9.36 Å². The van der Waals surface area contributed by atoms with Crippen LogP contribution in [0.3, 0.4) is 0 Å². The Morgan fingerprint density at radius 2 is 2.46 bits per heavy atom. The Bertz CT molecular complexity index is 281. The van der Waals surface area contributed by atoms with Gasteiger partial charge >= 0.3 is 0 Å². The highest BCUT2D eigenvalue weighted by atomic mass is 32.1. The van der Waals surface area contributed by atoms with Gasteiger partial charge in [0.15, 0.2) is 0 Å². The van der Waals surface area contributed by atoms with Gasteiger partial charge in [-0.3, -0.25) is 0 Å². The van der Waals surface area contributed by atoms with E-state index in [1.54, 1.807) is 0 Å². The van der Waals surface area contributed by atoms with Gasteiger partial charge in [0.25, 0.3) is 0 Å². The molecule has 3 N–H and O–H groups in total. The van der Waals surface area contributed by atoms with Gasteiger partial charge in [-0.05, 0) is 19.3 Å². The summed E-state index contributed by atoms with van der Waals surface area (Å²) in [4.78, 5) is 4.05. The van der Waals surface area contributed by atoms with Crippen molar-refractivity contribution in [1.29, 1.82) is 0 Å². The summed E-state index contributed by atoms with van der Waals surface area (Å²) >= 11 is 1.33. The molecule has 5 heteroatoms. The molecule has 0 saturated heterocycles. The number of hydrogen-bond donors (Lipinski definition) is 2. The number of anilines is 2. The maximum atomic E-state index is 5.42. The number of hydrogen-bond acceptors (Lipinski definition) is 5. The van der Waals surface area contributed by atoms with Crippen molar-refractivity contribution in [3.8, 4) is 0 Å². The lowest BCUT2D eigenvalue weighted by atomic mass is 10.2. The molecule has 1 atom stereocenters. The first-order valence-corrected chi connectivity index (χ1v) is 5.37. The zero-order chi connectivity index (χ0) is 9.26. The maximum Gasteiger partial charge on any atom is 0.233 e. The minimum atomic E-state index is 0.367. The van der Waals surface area contributed by atoms with Crippen LogP contribution in [0.5, 0.6) is 0 Å². The van der Waals surface area contributed by atoms with E-state index in [2.05, 4.69) is 21.6 Å². The summed E-state index contributed by atoms with van der Waals surface area (Å²) in [6, 6.07) is 0.486. The summed E-state index contributed by atoms with van der Waals surface area (Å²) in [7, 11) is 0. The van der Waals surface area contributed by atoms with Gasteiger partial charge < -0.3 is 11.1 Å². The van der Waals surface area contributed by atoms with Gasteiger partial charge in [0.05, 0.1) is 0 Å². The fraction of sp³-hybridized carbons (Fsp3) is 0.750. The number of nitrogens with zero attached hydrogens (tertiary/aromatic N) is 2. The molecule has 0 radical (unpaired) electrons. The van der Waals surface area contributed by atoms with Crippen LogP contribution < -0.4 is 11.1 Å². The van der Waals surface area contributed by atoms with Crippen molar-refractivity contribution in [2.45, 2.75) is 32.2 Å². The first kappa shape index (κ1) is 8.74. The Kier molecular flexibility index (Phi) is 2.35. The lowest BCUT2D eigenvalue weighted by Gasteiger charge is -2.10. The van der Waals surface area contributed by atoms with Crippen LogP contribution in [0.15, 0.2) is 0 Å². The Hall–Kier alpha value is -0.840. The first-order chi connectivity index (χ1) is 6.24. The van der Waals surface area contributed by atoms with Gasteiger partial charge in [-0.25, -0.2) is 0 Å². The van der Waals surface area contributed by atoms with Crippen molar-refractivity contribution >= 4 is 22.6 Å². The van der Waals surface area contributed by atoms with E-state index in [4.69, 9.17) is 5.73 Å². The van der Waals surface area contributed by atoms with Crippen LogP contribution in [0.4, 0.5) is 11.1 Å². The third kappa shape index (κ3) is 2.55. The molecule has 0 bridgehead atoms. The summed E-state index contributed by atoms with van der Waals surface area (Å²) in [5, 5.41) is 4.14. The third-order valence-corrected chi connectivity index (χ3v) is 2.86. The number of nitrogens with two attached hydrogens (primary N) is 1. The van der Waals surface area contributed by atoms with E-state index in [-0.39, 0.29) is 0 Å². The average Bonchev–Trinajstić information content (AvgIpc) is 2.76. The van der Waals surface area contributed by atoms with E-state index in [9.17, 15) is 0 Å². The normalized spacial score (nSPS) is 18.5. The Labute approximate surface area is 81.7 Å². The largest absolute Gasteiger partial charge is 0.367 e. The molecule has 72 valence electrons. The number of nitrogen functional groups attached to an aromatic ring is 1. The van der Waals surface area contributed by atoms with Gasteiger partial charge in [0, 0.05) is 17.6 Å². The first-order valence-electron chi connectivity index (χ1n) is 4.60. The third-order valence-electron chi connectivity index (χ3n) is 2.20. The highest BCUT2D eigenvalue weighted by Gasteiger charge is 2.23. The molecule has 4 nitrogen and oxygen atoms in total. The summed E-state index contributed by atoms with van der Waals surface area (Å²) in [6.07, 6.45) is 4.02. The molecule has 1 saturated carbocycles. The zero-order valence-electron chi connectivity index (χ0n) is 7.66. The molecule has 1 aliphatic rings. The monoisotopic (exact) mass is 198 g/mol. The van der Waals surface area contributed by atoms with E-state index in [1.807, 2.05) is 0 Å². The molecule has 13 heavy (non-hydrogen) atoms. The predicted molar refractivity (Wildman–Crippen MR) is 54.7 cm³/mol. The lowest BCUT2D eigenvalue weighted by molar-refractivity contribution is 0.642. The van der Waals surface area contributed by atoms with Crippen LogP contribution in [0.25, 0.3) is 0 Å². The summed E-state index contributed by atoms with van der Waals surface area (Å²) < 4.78 is 3.91. The SMILES string of the molecule is CC(CC1CC1)Nc1nc(N)ns1. The van der Waals surface area contributed by atoms with E-state index in [0.717, 1.165) is 11.0 Å². The number of rotatable bonds is 4. The molecular weight excluding hydrogens is 184 g/mol. The molecule has 1 aromatic rings. The molecule has 1 heterocycles. The minimum Gasteiger partial charge on any atom is -0.367 e. The van der Waals surface area contributed by atoms with E-state index in [1.165, 1.54) is 30.8 Å². The molecule has 1 unspecified atom stereocenters. The van der Waals surface area contributed by atoms with Crippen molar-refractivity contribution in [2.75, 3.05) is 11.1 Å². The van der Waals surface area contributed by atoms with Crippen LogP contribution in [0.2, 0.25) is 0 Å². The Balaban J connectivity index is 1.82. The van der Waals surface area contributed by atoms with E-state index >= 15 is 0 Å². The van der Waals surface area contributed by atoms with Crippen LogP contribution in [-0.2, 0) is 0 Å². The van der Waals surface area contributed by atoms with E-state index in [0.29, 0.717) is 12.0 Å². The summed E-state index contributed by atoms with van der Waals surface area (Å²) in [5.41, 5.74) is 5.42. The molecule has 1 aliphatic carbocycles. The van der Waals surface area contributed by atoms with Crippen LogP contribution in [0, 0.1) is 5.92 Å². The van der Waals surface area contributed by atoms with Gasteiger partial charge in [-0.15, -0.1) is 0 Å². The molecule has 0 spiro atoms. The minimum absolute atomic E-state index is 0.367. The highest BCUT2D eigenvalue weighted by Crippen LogP contribution is 2.34. The Morgan fingerprint density at radius 1 is 1.69 bits per heavy atom.